The summed E-state index contributed by atoms with van der Waals surface area (Å²) in [6, 6.07) is 9.08. The van der Waals surface area contributed by atoms with E-state index in [-0.39, 0.29) is 31.4 Å². The fourth-order valence-corrected chi connectivity index (χ4v) is 2.61. The fraction of sp³-hybridized carbons (Fsp3) is 0. The van der Waals surface area contributed by atoms with E-state index in [9.17, 15) is 9.59 Å². The molecule has 2 amide bonds. The molecule has 2 aromatic rings. The van der Waals surface area contributed by atoms with E-state index in [0.29, 0.717) is 0 Å². The maximum atomic E-state index is 12.0. The molecule has 0 fully saturated rings. The summed E-state index contributed by atoms with van der Waals surface area (Å²) < 4.78 is 4.93. The minimum Gasteiger partial charge on any atom is -0.407 e. The predicted octanol–water partition coefficient (Wildman–Crippen LogP) is 5.23. The largest absolute Gasteiger partial charge is 0.419 e. The molecule has 2 aromatic carbocycles. The van der Waals surface area contributed by atoms with Crippen molar-refractivity contribution in [1.82, 2.24) is 5.32 Å². The number of imide groups is 1. The van der Waals surface area contributed by atoms with Crippen molar-refractivity contribution < 1.29 is 14.3 Å². The Kier molecular flexibility index (Phi) is 5.53. The van der Waals surface area contributed by atoms with Gasteiger partial charge >= 0.3 is 6.09 Å². The van der Waals surface area contributed by atoms with Crippen LogP contribution >= 0.6 is 46.4 Å². The number of nitrogens with one attached hydrogen (secondary N) is 1. The van der Waals surface area contributed by atoms with Gasteiger partial charge in [0.1, 0.15) is 0 Å². The van der Waals surface area contributed by atoms with E-state index < -0.39 is 12.0 Å². The van der Waals surface area contributed by atoms with Gasteiger partial charge in [0.2, 0.25) is 0 Å². The van der Waals surface area contributed by atoms with Gasteiger partial charge < -0.3 is 4.74 Å². The Morgan fingerprint density at radius 1 is 0.818 bits per heavy atom. The number of benzene rings is 2. The van der Waals surface area contributed by atoms with Crippen LogP contribution in [0.15, 0.2) is 36.4 Å². The normalized spacial score (nSPS) is 10.2. The van der Waals surface area contributed by atoms with Crippen LogP contribution in [0.5, 0.6) is 5.75 Å². The van der Waals surface area contributed by atoms with E-state index >= 15 is 0 Å². The molecule has 8 heteroatoms. The van der Waals surface area contributed by atoms with Gasteiger partial charge in [-0.25, -0.2) is 4.79 Å². The van der Waals surface area contributed by atoms with Gasteiger partial charge in [0, 0.05) is 0 Å². The van der Waals surface area contributed by atoms with Crippen LogP contribution in [-0.2, 0) is 0 Å². The van der Waals surface area contributed by atoms with Crippen molar-refractivity contribution in [1.29, 1.82) is 0 Å². The molecule has 0 radical (unpaired) electrons. The third-order valence-corrected chi connectivity index (χ3v) is 3.74. The number of para-hydroxylation sites is 1. The maximum absolute atomic E-state index is 12.0. The smallest absolute Gasteiger partial charge is 0.407 e. The molecule has 0 aliphatic rings. The SMILES string of the molecule is O=C(NC(=O)c1c(Cl)cccc1Cl)Oc1c(Cl)cccc1Cl. The fourth-order valence-electron chi connectivity index (χ4n) is 1.57. The summed E-state index contributed by atoms with van der Waals surface area (Å²) in [6.45, 7) is 0. The number of amides is 2. The van der Waals surface area contributed by atoms with Gasteiger partial charge in [-0.1, -0.05) is 58.5 Å². The second-order valence-corrected chi connectivity index (χ2v) is 5.62. The number of ether oxygens (including phenoxy) is 1. The number of rotatable bonds is 2. The van der Waals surface area contributed by atoms with Crippen molar-refractivity contribution in [3.05, 3.63) is 62.1 Å². The van der Waals surface area contributed by atoms with Crippen LogP contribution in [0.2, 0.25) is 20.1 Å². The Bertz CT molecular complexity index is 708. The second-order valence-electron chi connectivity index (χ2n) is 3.99. The molecule has 0 unspecified atom stereocenters. The molecule has 4 nitrogen and oxygen atoms in total. The van der Waals surface area contributed by atoms with Crippen LogP contribution < -0.4 is 10.1 Å². The highest BCUT2D eigenvalue weighted by Crippen LogP contribution is 2.32. The van der Waals surface area contributed by atoms with Crippen molar-refractivity contribution in [3.8, 4) is 5.75 Å². The summed E-state index contributed by atoms with van der Waals surface area (Å²) in [5.74, 6) is -0.856. The first-order valence-corrected chi connectivity index (χ1v) is 7.32. The summed E-state index contributed by atoms with van der Waals surface area (Å²) >= 11 is 23.5. The Morgan fingerprint density at radius 2 is 1.27 bits per heavy atom. The molecule has 0 atom stereocenters. The van der Waals surface area contributed by atoms with E-state index in [1.54, 1.807) is 12.1 Å². The monoisotopic (exact) mass is 377 g/mol. The summed E-state index contributed by atoms with van der Waals surface area (Å²) in [7, 11) is 0. The van der Waals surface area contributed by atoms with Crippen molar-refractivity contribution in [3.63, 3.8) is 0 Å². The lowest BCUT2D eigenvalue weighted by molar-refractivity contribution is 0.0951. The lowest BCUT2D eigenvalue weighted by Crippen LogP contribution is -2.33. The molecule has 0 aliphatic heterocycles. The van der Waals surface area contributed by atoms with Gasteiger partial charge in [0.25, 0.3) is 5.91 Å². The third kappa shape index (κ3) is 3.84. The minimum atomic E-state index is -1.06. The Balaban J connectivity index is 2.14. The highest BCUT2D eigenvalue weighted by molar-refractivity contribution is 6.40. The zero-order valence-electron chi connectivity index (χ0n) is 10.7. The van der Waals surface area contributed by atoms with Crippen LogP contribution in [0.3, 0.4) is 0 Å². The third-order valence-electron chi connectivity index (χ3n) is 2.52. The zero-order valence-corrected chi connectivity index (χ0v) is 13.7. The van der Waals surface area contributed by atoms with Crippen LogP contribution in [-0.4, -0.2) is 12.0 Å². The van der Waals surface area contributed by atoms with Crippen LogP contribution in [0.4, 0.5) is 4.79 Å². The average Bonchev–Trinajstić information content (AvgIpc) is 2.43. The molecule has 0 bridgehead atoms. The molecule has 0 aliphatic carbocycles. The second kappa shape index (κ2) is 7.20. The maximum Gasteiger partial charge on any atom is 0.419 e. The molecular weight excluding hydrogens is 372 g/mol. The summed E-state index contributed by atoms with van der Waals surface area (Å²) in [5.41, 5.74) is -0.0342. The minimum absolute atomic E-state index is 0.0342. The predicted molar refractivity (Wildman–Crippen MR) is 86.4 cm³/mol. The van der Waals surface area contributed by atoms with Gasteiger partial charge in [-0.15, -0.1) is 0 Å². The van der Waals surface area contributed by atoms with Gasteiger partial charge in [-0.05, 0) is 24.3 Å². The standard InChI is InChI=1S/C14H7Cl4NO3/c15-7-3-1-4-8(16)11(7)13(20)19-14(21)22-12-9(17)5-2-6-10(12)18/h1-6H,(H,19,20,21). The summed E-state index contributed by atoms with van der Waals surface area (Å²) in [4.78, 5) is 23.8. The Hall–Kier alpha value is -1.46. The number of hydrogen-bond acceptors (Lipinski definition) is 3. The van der Waals surface area contributed by atoms with E-state index in [1.807, 2.05) is 5.32 Å². The summed E-state index contributed by atoms with van der Waals surface area (Å²) in [6.07, 6.45) is -1.06. The van der Waals surface area contributed by atoms with E-state index in [2.05, 4.69) is 0 Å². The molecular formula is C14H7Cl4NO3. The summed E-state index contributed by atoms with van der Waals surface area (Å²) in [5, 5.41) is 2.47. The van der Waals surface area contributed by atoms with Crippen LogP contribution in [0.1, 0.15) is 10.4 Å². The van der Waals surface area contributed by atoms with Gasteiger partial charge in [0.05, 0.1) is 25.7 Å². The topological polar surface area (TPSA) is 55.4 Å². The quantitative estimate of drug-likeness (QED) is 0.778. The number of carbonyl (C=O) groups excluding carboxylic acids is 2. The number of carbonyl (C=O) groups is 2. The van der Waals surface area contributed by atoms with Gasteiger partial charge in [-0.2, -0.15) is 0 Å². The first-order valence-electron chi connectivity index (χ1n) is 5.81. The average molecular weight is 379 g/mol. The highest BCUT2D eigenvalue weighted by atomic mass is 35.5. The van der Waals surface area contributed by atoms with Crippen molar-refractivity contribution in [2.45, 2.75) is 0 Å². The van der Waals surface area contributed by atoms with Gasteiger partial charge in [0.15, 0.2) is 5.75 Å². The number of hydrogen-bond donors (Lipinski definition) is 1. The molecule has 0 spiro atoms. The molecule has 1 N–H and O–H groups in total. The molecule has 22 heavy (non-hydrogen) atoms. The van der Waals surface area contributed by atoms with Gasteiger partial charge in [-0.3, -0.25) is 10.1 Å². The van der Waals surface area contributed by atoms with Crippen LogP contribution in [0.25, 0.3) is 0 Å². The first-order chi connectivity index (χ1) is 10.4. The zero-order chi connectivity index (χ0) is 16.3. The molecule has 114 valence electrons. The lowest BCUT2D eigenvalue weighted by atomic mass is 10.2. The molecule has 0 aromatic heterocycles. The number of halogens is 4. The van der Waals surface area contributed by atoms with Crippen molar-refractivity contribution >= 4 is 58.4 Å². The van der Waals surface area contributed by atoms with E-state index in [0.717, 1.165) is 0 Å². The first kappa shape index (κ1) is 16.9. The molecule has 2 rings (SSSR count). The Labute approximate surface area is 145 Å². The lowest BCUT2D eigenvalue weighted by Gasteiger charge is -2.10. The van der Waals surface area contributed by atoms with E-state index in [1.165, 1.54) is 24.3 Å². The molecule has 0 saturated carbocycles. The Morgan fingerprint density at radius 3 is 1.77 bits per heavy atom. The molecule has 0 heterocycles. The van der Waals surface area contributed by atoms with Crippen molar-refractivity contribution in [2.75, 3.05) is 0 Å². The van der Waals surface area contributed by atoms with Crippen molar-refractivity contribution in [2.24, 2.45) is 0 Å². The van der Waals surface area contributed by atoms with E-state index in [4.69, 9.17) is 51.1 Å². The highest BCUT2D eigenvalue weighted by Gasteiger charge is 2.19. The van der Waals surface area contributed by atoms with Crippen LogP contribution in [0, 0.1) is 0 Å². The molecule has 0 saturated heterocycles.